The monoisotopic (exact) mass is 305 g/mol. The zero-order valence-electron chi connectivity index (χ0n) is 11.6. The van der Waals surface area contributed by atoms with Crippen LogP contribution in [0, 0.1) is 0 Å². The molecule has 22 heavy (non-hydrogen) atoms. The molecule has 0 atom stereocenters. The van der Waals surface area contributed by atoms with Gasteiger partial charge in [-0.25, -0.2) is 9.98 Å². The van der Waals surface area contributed by atoms with Crippen molar-refractivity contribution in [3.8, 4) is 0 Å². The number of nitrogens with one attached hydrogen (secondary N) is 1. The molecule has 1 aliphatic heterocycles. The summed E-state index contributed by atoms with van der Waals surface area (Å²) in [6.07, 6.45) is 1.75. The highest BCUT2D eigenvalue weighted by Crippen LogP contribution is 2.35. The molecule has 0 spiro atoms. The molecule has 0 saturated heterocycles. The van der Waals surface area contributed by atoms with E-state index in [-0.39, 0.29) is 0 Å². The van der Waals surface area contributed by atoms with Crippen LogP contribution in [-0.2, 0) is 0 Å². The number of halogens is 1. The van der Waals surface area contributed by atoms with Gasteiger partial charge < -0.3 is 5.32 Å². The van der Waals surface area contributed by atoms with Gasteiger partial charge in [-0.15, -0.1) is 0 Å². The number of nitrogens with zero attached hydrogens (tertiary/aromatic N) is 2. The molecular formula is C18H12ClN3. The van der Waals surface area contributed by atoms with Gasteiger partial charge in [0.05, 0.1) is 5.71 Å². The normalized spacial score (nSPS) is 12.5. The van der Waals surface area contributed by atoms with E-state index in [4.69, 9.17) is 16.6 Å². The first-order valence-corrected chi connectivity index (χ1v) is 7.35. The molecule has 3 aromatic rings. The minimum Gasteiger partial charge on any atom is -0.338 e. The molecule has 0 unspecified atom stereocenters. The van der Waals surface area contributed by atoms with E-state index in [9.17, 15) is 0 Å². The number of hydrogen-bond acceptors (Lipinski definition) is 3. The van der Waals surface area contributed by atoms with E-state index in [2.05, 4.69) is 10.3 Å². The SMILES string of the molecule is Clc1ccc2c(c1)C(c1ccccc1)=Nc1cccnc1N2. The summed E-state index contributed by atoms with van der Waals surface area (Å²) in [6, 6.07) is 19.7. The number of rotatable bonds is 1. The Morgan fingerprint density at radius 3 is 2.64 bits per heavy atom. The van der Waals surface area contributed by atoms with Gasteiger partial charge in [-0.2, -0.15) is 0 Å². The molecule has 4 rings (SSSR count). The standard InChI is InChI=1S/C18H12ClN3/c19-13-8-9-15-14(11-13)17(12-5-2-1-3-6-12)21-16-7-4-10-20-18(16)22-15/h1-11H,(H,20,22). The average molecular weight is 306 g/mol. The van der Waals surface area contributed by atoms with Crippen molar-refractivity contribution in [3.05, 3.63) is 83.0 Å². The fourth-order valence-electron chi connectivity index (χ4n) is 2.53. The number of aromatic nitrogens is 1. The van der Waals surface area contributed by atoms with E-state index in [1.807, 2.05) is 60.7 Å². The predicted molar refractivity (Wildman–Crippen MR) is 90.7 cm³/mol. The van der Waals surface area contributed by atoms with E-state index in [1.54, 1.807) is 6.20 Å². The van der Waals surface area contributed by atoms with Gasteiger partial charge in [0, 0.05) is 28.0 Å². The first kappa shape index (κ1) is 13.0. The Labute approximate surface area is 133 Å². The van der Waals surface area contributed by atoms with Crippen molar-refractivity contribution in [1.29, 1.82) is 0 Å². The molecule has 2 heterocycles. The average Bonchev–Trinajstić information content (AvgIpc) is 2.72. The third-order valence-corrected chi connectivity index (χ3v) is 3.79. The van der Waals surface area contributed by atoms with Crippen molar-refractivity contribution < 1.29 is 0 Å². The highest BCUT2D eigenvalue weighted by atomic mass is 35.5. The lowest BCUT2D eigenvalue weighted by molar-refractivity contribution is 1.30. The van der Waals surface area contributed by atoms with Crippen molar-refractivity contribution in [2.45, 2.75) is 0 Å². The van der Waals surface area contributed by atoms with Crippen molar-refractivity contribution >= 4 is 34.5 Å². The number of anilines is 2. The molecular weight excluding hydrogens is 294 g/mol. The summed E-state index contributed by atoms with van der Waals surface area (Å²) in [5.41, 5.74) is 4.66. The second kappa shape index (κ2) is 5.28. The molecule has 1 aliphatic rings. The summed E-state index contributed by atoms with van der Waals surface area (Å²) in [4.78, 5) is 9.20. The zero-order chi connectivity index (χ0) is 14.9. The Hall–Kier alpha value is -2.65. The van der Waals surface area contributed by atoms with E-state index < -0.39 is 0 Å². The Morgan fingerprint density at radius 2 is 1.77 bits per heavy atom. The third-order valence-electron chi connectivity index (χ3n) is 3.56. The van der Waals surface area contributed by atoms with Gasteiger partial charge in [-0.3, -0.25) is 0 Å². The van der Waals surface area contributed by atoms with Crippen LogP contribution >= 0.6 is 11.6 Å². The molecule has 0 fully saturated rings. The Kier molecular flexibility index (Phi) is 3.13. The van der Waals surface area contributed by atoms with Crippen molar-refractivity contribution in [3.63, 3.8) is 0 Å². The maximum absolute atomic E-state index is 6.20. The molecule has 0 radical (unpaired) electrons. The molecule has 1 N–H and O–H groups in total. The first-order valence-electron chi connectivity index (χ1n) is 6.97. The number of aliphatic imine (C=N–C) groups is 1. The summed E-state index contributed by atoms with van der Waals surface area (Å²) >= 11 is 6.20. The topological polar surface area (TPSA) is 37.3 Å². The summed E-state index contributed by atoms with van der Waals surface area (Å²) in [5, 5.41) is 4.03. The number of pyridine rings is 1. The minimum absolute atomic E-state index is 0.683. The molecule has 4 heteroatoms. The molecule has 3 nitrogen and oxygen atoms in total. The van der Waals surface area contributed by atoms with Crippen LogP contribution in [0.3, 0.4) is 0 Å². The van der Waals surface area contributed by atoms with Crippen LogP contribution < -0.4 is 5.32 Å². The van der Waals surface area contributed by atoms with Crippen molar-refractivity contribution in [2.75, 3.05) is 5.32 Å². The highest BCUT2D eigenvalue weighted by molar-refractivity contribution is 6.31. The number of hydrogen-bond donors (Lipinski definition) is 1. The summed E-state index contributed by atoms with van der Waals surface area (Å²) in [5.74, 6) is 0.747. The molecule has 0 amide bonds. The van der Waals surface area contributed by atoms with E-state index in [1.165, 1.54) is 0 Å². The molecule has 0 bridgehead atoms. The van der Waals surface area contributed by atoms with Gasteiger partial charge in [0.1, 0.15) is 5.69 Å². The lowest BCUT2D eigenvalue weighted by atomic mass is 10.0. The van der Waals surface area contributed by atoms with Gasteiger partial charge in [0.2, 0.25) is 0 Å². The van der Waals surface area contributed by atoms with Crippen molar-refractivity contribution in [1.82, 2.24) is 4.98 Å². The van der Waals surface area contributed by atoms with Gasteiger partial charge in [0.25, 0.3) is 0 Å². The van der Waals surface area contributed by atoms with Crippen LogP contribution in [0.25, 0.3) is 0 Å². The van der Waals surface area contributed by atoms with Gasteiger partial charge >= 0.3 is 0 Å². The van der Waals surface area contributed by atoms with E-state index >= 15 is 0 Å². The molecule has 0 saturated carbocycles. The largest absolute Gasteiger partial charge is 0.338 e. The van der Waals surface area contributed by atoms with Crippen molar-refractivity contribution in [2.24, 2.45) is 4.99 Å². The summed E-state index contributed by atoms with van der Waals surface area (Å²) in [7, 11) is 0. The lowest BCUT2D eigenvalue weighted by Gasteiger charge is -2.10. The fraction of sp³-hybridized carbons (Fsp3) is 0. The van der Waals surface area contributed by atoms with Crippen LogP contribution in [0.2, 0.25) is 5.02 Å². The van der Waals surface area contributed by atoms with Crippen LogP contribution in [0.1, 0.15) is 11.1 Å². The maximum Gasteiger partial charge on any atom is 0.156 e. The van der Waals surface area contributed by atoms with Crippen LogP contribution in [0.4, 0.5) is 17.2 Å². The van der Waals surface area contributed by atoms with Crippen LogP contribution in [0.15, 0.2) is 71.9 Å². The Balaban J connectivity index is 2.01. The first-order chi connectivity index (χ1) is 10.8. The lowest BCUT2D eigenvalue weighted by Crippen LogP contribution is -2.04. The van der Waals surface area contributed by atoms with Crippen LogP contribution in [0.5, 0.6) is 0 Å². The number of fused-ring (bicyclic) bond motifs is 2. The van der Waals surface area contributed by atoms with E-state index in [0.29, 0.717) is 5.02 Å². The fourth-order valence-corrected chi connectivity index (χ4v) is 2.70. The Bertz CT molecular complexity index is 873. The highest BCUT2D eigenvalue weighted by Gasteiger charge is 2.18. The van der Waals surface area contributed by atoms with Crippen LogP contribution in [-0.4, -0.2) is 10.7 Å². The van der Waals surface area contributed by atoms with Gasteiger partial charge in [-0.1, -0.05) is 41.9 Å². The minimum atomic E-state index is 0.683. The number of benzene rings is 2. The maximum atomic E-state index is 6.20. The predicted octanol–water partition coefficient (Wildman–Crippen LogP) is 4.96. The Morgan fingerprint density at radius 1 is 0.909 bits per heavy atom. The molecule has 0 aliphatic carbocycles. The second-order valence-electron chi connectivity index (χ2n) is 5.01. The molecule has 2 aromatic carbocycles. The van der Waals surface area contributed by atoms with Gasteiger partial charge in [-0.05, 0) is 30.3 Å². The molecule has 1 aromatic heterocycles. The van der Waals surface area contributed by atoms with E-state index in [0.717, 1.165) is 34.0 Å². The second-order valence-corrected chi connectivity index (χ2v) is 5.45. The van der Waals surface area contributed by atoms with Gasteiger partial charge in [0.15, 0.2) is 5.82 Å². The molecule has 106 valence electrons. The summed E-state index contributed by atoms with van der Waals surface area (Å²) in [6.45, 7) is 0. The third kappa shape index (κ3) is 2.26. The quantitative estimate of drug-likeness (QED) is 0.539. The zero-order valence-corrected chi connectivity index (χ0v) is 12.4. The summed E-state index contributed by atoms with van der Waals surface area (Å²) < 4.78 is 0. The smallest absolute Gasteiger partial charge is 0.156 e.